The van der Waals surface area contributed by atoms with Crippen molar-refractivity contribution in [2.24, 2.45) is 0 Å². The molecule has 0 aromatic heterocycles. The van der Waals surface area contributed by atoms with Crippen molar-refractivity contribution in [2.45, 2.75) is 56.8 Å². The molecule has 1 heterocycles. The lowest BCUT2D eigenvalue weighted by molar-refractivity contribution is -0.137. The van der Waals surface area contributed by atoms with Crippen LogP contribution in [0.15, 0.2) is 24.3 Å². The van der Waals surface area contributed by atoms with E-state index < -0.39 is 23.3 Å². The molecule has 0 radical (unpaired) electrons. The van der Waals surface area contributed by atoms with Crippen molar-refractivity contribution in [1.82, 2.24) is 15.5 Å². The third kappa shape index (κ3) is 4.28. The van der Waals surface area contributed by atoms with E-state index in [1.54, 1.807) is 0 Å². The summed E-state index contributed by atoms with van der Waals surface area (Å²) in [5.74, 6) is -0.498. The first-order valence-corrected chi connectivity index (χ1v) is 9.28. The minimum Gasteiger partial charge on any atom is -0.352 e. The molecule has 2 aliphatic rings. The Hall–Kier alpha value is -2.58. The number of rotatable bonds is 6. The van der Waals surface area contributed by atoms with Crippen molar-refractivity contribution in [3.63, 3.8) is 0 Å². The number of benzene rings is 1. The minimum atomic E-state index is -4.39. The highest BCUT2D eigenvalue weighted by Crippen LogP contribution is 2.35. The van der Waals surface area contributed by atoms with Crippen LogP contribution in [0.1, 0.15) is 49.7 Å². The summed E-state index contributed by atoms with van der Waals surface area (Å²) < 4.78 is 37.6. The lowest BCUT2D eigenvalue weighted by Crippen LogP contribution is -2.44. The van der Waals surface area contributed by atoms with Crippen LogP contribution in [0.3, 0.4) is 0 Å². The van der Waals surface area contributed by atoms with Gasteiger partial charge in [-0.15, -0.1) is 0 Å². The maximum absolute atomic E-state index is 12.5. The monoisotopic (exact) mass is 397 g/mol. The molecule has 4 amide bonds. The smallest absolute Gasteiger partial charge is 0.352 e. The van der Waals surface area contributed by atoms with Crippen molar-refractivity contribution in [3.05, 3.63) is 35.4 Å². The van der Waals surface area contributed by atoms with E-state index in [-0.39, 0.29) is 31.3 Å². The number of imide groups is 1. The molecule has 1 saturated heterocycles. The van der Waals surface area contributed by atoms with Crippen molar-refractivity contribution < 1.29 is 27.6 Å². The number of hydrogen-bond acceptors (Lipinski definition) is 3. The van der Waals surface area contributed by atoms with Crippen LogP contribution in [0.25, 0.3) is 0 Å². The molecule has 0 bridgehead atoms. The van der Waals surface area contributed by atoms with E-state index in [0.29, 0.717) is 24.8 Å². The van der Waals surface area contributed by atoms with Gasteiger partial charge in [0.15, 0.2) is 0 Å². The maximum Gasteiger partial charge on any atom is 0.416 e. The fraction of sp³-hybridized carbons (Fsp3) is 0.526. The van der Waals surface area contributed by atoms with E-state index in [4.69, 9.17) is 0 Å². The predicted molar refractivity (Wildman–Crippen MR) is 94.0 cm³/mol. The molecule has 152 valence electrons. The molecule has 2 fully saturated rings. The average Bonchev–Trinajstić information content (AvgIpc) is 3.20. The first-order valence-electron chi connectivity index (χ1n) is 9.28. The summed E-state index contributed by atoms with van der Waals surface area (Å²) in [4.78, 5) is 37.6. The van der Waals surface area contributed by atoms with E-state index in [1.165, 1.54) is 17.0 Å². The van der Waals surface area contributed by atoms with Gasteiger partial charge in [-0.25, -0.2) is 4.79 Å². The predicted octanol–water partition coefficient (Wildman–Crippen LogP) is 2.97. The molecular formula is C19H22F3N3O3. The van der Waals surface area contributed by atoms with Crippen LogP contribution in [0.2, 0.25) is 0 Å². The van der Waals surface area contributed by atoms with Crippen LogP contribution in [0.5, 0.6) is 0 Å². The molecule has 1 aliphatic heterocycles. The second-order valence-electron chi connectivity index (χ2n) is 7.25. The summed E-state index contributed by atoms with van der Waals surface area (Å²) in [6, 6.07) is 4.17. The van der Waals surface area contributed by atoms with Gasteiger partial charge in [0.1, 0.15) is 5.54 Å². The van der Waals surface area contributed by atoms with Crippen LogP contribution in [-0.2, 0) is 22.3 Å². The van der Waals surface area contributed by atoms with E-state index >= 15 is 0 Å². The highest BCUT2D eigenvalue weighted by atomic mass is 19.4. The summed E-state index contributed by atoms with van der Waals surface area (Å²) in [7, 11) is 0. The third-order valence-corrected chi connectivity index (χ3v) is 5.26. The molecule has 28 heavy (non-hydrogen) atoms. The fourth-order valence-electron chi connectivity index (χ4n) is 3.70. The van der Waals surface area contributed by atoms with Crippen molar-refractivity contribution in [2.75, 3.05) is 6.54 Å². The lowest BCUT2D eigenvalue weighted by atomic mass is 9.98. The van der Waals surface area contributed by atoms with Gasteiger partial charge in [0.2, 0.25) is 5.91 Å². The van der Waals surface area contributed by atoms with Gasteiger partial charge in [0.25, 0.3) is 5.91 Å². The summed E-state index contributed by atoms with van der Waals surface area (Å²) in [5.41, 5.74) is -0.933. The Morgan fingerprint density at radius 3 is 2.39 bits per heavy atom. The first-order chi connectivity index (χ1) is 13.2. The normalized spacial score (nSPS) is 18.6. The summed E-state index contributed by atoms with van der Waals surface area (Å²) in [5, 5.41) is 5.42. The summed E-state index contributed by atoms with van der Waals surface area (Å²) in [6.07, 6.45) is -0.821. The molecular weight excluding hydrogens is 375 g/mol. The molecule has 1 aliphatic carbocycles. The molecule has 2 N–H and O–H groups in total. The molecule has 1 aromatic carbocycles. The number of hydrogen-bond donors (Lipinski definition) is 2. The van der Waals surface area contributed by atoms with Crippen LogP contribution >= 0.6 is 0 Å². The zero-order valence-electron chi connectivity index (χ0n) is 15.3. The van der Waals surface area contributed by atoms with Crippen molar-refractivity contribution >= 4 is 17.8 Å². The number of urea groups is 1. The van der Waals surface area contributed by atoms with Gasteiger partial charge >= 0.3 is 12.2 Å². The Balaban J connectivity index is 1.41. The van der Waals surface area contributed by atoms with Gasteiger partial charge in [-0.2, -0.15) is 13.2 Å². The van der Waals surface area contributed by atoms with Gasteiger partial charge in [0, 0.05) is 19.5 Å². The van der Waals surface area contributed by atoms with Gasteiger partial charge in [0.05, 0.1) is 5.56 Å². The number of nitrogens with zero attached hydrogens (tertiary/aromatic N) is 1. The van der Waals surface area contributed by atoms with Gasteiger partial charge in [-0.1, -0.05) is 25.0 Å². The standard InChI is InChI=1S/C19H22F3N3O3/c20-19(21,22)14-7-5-13(6-8-14)12-23-15(26)4-3-11-25-16(27)18(24-17(25)28)9-1-2-10-18/h5-8H,1-4,9-12H2,(H,23,26)(H,24,28). The minimum absolute atomic E-state index is 0.114. The highest BCUT2D eigenvalue weighted by molar-refractivity contribution is 6.07. The van der Waals surface area contributed by atoms with Crippen molar-refractivity contribution in [1.29, 1.82) is 0 Å². The van der Waals surface area contributed by atoms with E-state index in [9.17, 15) is 27.6 Å². The second-order valence-corrected chi connectivity index (χ2v) is 7.25. The number of carbonyl (C=O) groups excluding carboxylic acids is 3. The fourth-order valence-corrected chi connectivity index (χ4v) is 3.70. The summed E-state index contributed by atoms with van der Waals surface area (Å²) >= 11 is 0. The first kappa shape index (κ1) is 20.2. The Morgan fingerprint density at radius 2 is 1.79 bits per heavy atom. The zero-order chi connectivity index (χ0) is 20.4. The molecule has 9 heteroatoms. The van der Waals surface area contributed by atoms with Gasteiger partial charge in [-0.05, 0) is 37.0 Å². The van der Waals surface area contributed by atoms with E-state index in [2.05, 4.69) is 10.6 Å². The quantitative estimate of drug-likeness (QED) is 0.725. The Labute approximate surface area is 160 Å². The SMILES string of the molecule is O=C(CCCN1C(=O)NC2(CCCC2)C1=O)NCc1ccc(C(F)(F)F)cc1. The lowest BCUT2D eigenvalue weighted by Gasteiger charge is -2.19. The van der Waals surface area contributed by atoms with E-state index in [0.717, 1.165) is 25.0 Å². The number of halogens is 3. The average molecular weight is 397 g/mol. The zero-order valence-corrected chi connectivity index (χ0v) is 15.3. The molecule has 3 rings (SSSR count). The molecule has 6 nitrogen and oxygen atoms in total. The number of nitrogens with one attached hydrogen (secondary N) is 2. The number of alkyl halides is 3. The van der Waals surface area contributed by atoms with Crippen LogP contribution in [0, 0.1) is 0 Å². The van der Waals surface area contributed by atoms with Crippen LogP contribution < -0.4 is 10.6 Å². The Morgan fingerprint density at radius 1 is 1.14 bits per heavy atom. The Bertz CT molecular complexity index is 756. The summed E-state index contributed by atoms with van der Waals surface area (Å²) in [6.45, 7) is 0.281. The third-order valence-electron chi connectivity index (χ3n) is 5.26. The van der Waals surface area contributed by atoms with Gasteiger partial charge in [-0.3, -0.25) is 14.5 Å². The molecule has 1 aromatic rings. The maximum atomic E-state index is 12.5. The van der Waals surface area contributed by atoms with Crippen LogP contribution in [0.4, 0.5) is 18.0 Å². The second kappa shape index (κ2) is 7.81. The molecule has 1 saturated carbocycles. The Kier molecular flexibility index (Phi) is 5.62. The highest BCUT2D eigenvalue weighted by Gasteiger charge is 2.52. The van der Waals surface area contributed by atoms with Crippen molar-refractivity contribution in [3.8, 4) is 0 Å². The molecule has 0 unspecified atom stereocenters. The van der Waals surface area contributed by atoms with E-state index in [1.807, 2.05) is 0 Å². The van der Waals surface area contributed by atoms with Gasteiger partial charge < -0.3 is 10.6 Å². The largest absolute Gasteiger partial charge is 0.416 e. The number of amides is 4. The topological polar surface area (TPSA) is 78.5 Å². The number of carbonyl (C=O) groups is 3. The van der Waals surface area contributed by atoms with Crippen LogP contribution in [-0.4, -0.2) is 34.8 Å². The molecule has 0 atom stereocenters. The molecule has 1 spiro atoms.